The van der Waals surface area contributed by atoms with E-state index in [-0.39, 0.29) is 37.0 Å². The van der Waals surface area contributed by atoms with E-state index in [9.17, 15) is 18.4 Å². The van der Waals surface area contributed by atoms with Gasteiger partial charge in [-0.1, -0.05) is 12.1 Å². The Morgan fingerprint density at radius 1 is 1.25 bits per heavy atom. The Balaban J connectivity index is 2.11. The molecular weight excluding hydrogens is 268 g/mol. The third kappa shape index (κ3) is 2.77. The fourth-order valence-corrected chi connectivity index (χ4v) is 2.07. The summed E-state index contributed by atoms with van der Waals surface area (Å²) in [5.41, 5.74) is 5.80. The molecular formula is C13H15F2N3O2. The van der Waals surface area contributed by atoms with E-state index in [2.05, 4.69) is 0 Å². The lowest BCUT2D eigenvalue weighted by Crippen LogP contribution is -2.53. The maximum Gasteiger partial charge on any atom is 0.242 e. The maximum absolute atomic E-state index is 13.6. The molecule has 0 aromatic heterocycles. The monoisotopic (exact) mass is 283 g/mol. The smallest absolute Gasteiger partial charge is 0.242 e. The number of nitrogens with two attached hydrogens (primary N) is 1. The summed E-state index contributed by atoms with van der Waals surface area (Å²) >= 11 is 0. The number of likely N-dealkylation sites (N-methyl/N-ethyl adjacent to an activating group) is 1. The Morgan fingerprint density at radius 3 is 2.65 bits per heavy atom. The van der Waals surface area contributed by atoms with Crippen molar-refractivity contribution in [3.63, 3.8) is 0 Å². The number of nitrogens with zero attached hydrogens (tertiary/aromatic N) is 2. The van der Waals surface area contributed by atoms with Gasteiger partial charge in [-0.2, -0.15) is 0 Å². The molecule has 2 amide bonds. The minimum absolute atomic E-state index is 0.0100. The molecule has 0 bridgehead atoms. The van der Waals surface area contributed by atoms with Crippen LogP contribution in [0, 0.1) is 11.6 Å². The minimum Gasteiger partial charge on any atom is -0.335 e. The SMILES string of the molecule is CN1CC(=O)N(CC(N)c2cccc(F)c2F)CC1=O. The van der Waals surface area contributed by atoms with E-state index in [1.807, 2.05) is 0 Å². The fraction of sp³-hybridized carbons (Fsp3) is 0.385. The van der Waals surface area contributed by atoms with Crippen molar-refractivity contribution in [1.82, 2.24) is 9.80 Å². The van der Waals surface area contributed by atoms with Gasteiger partial charge in [0.15, 0.2) is 11.6 Å². The van der Waals surface area contributed by atoms with Crippen LogP contribution in [0.4, 0.5) is 8.78 Å². The second-order valence-electron chi connectivity index (χ2n) is 4.77. The zero-order valence-electron chi connectivity index (χ0n) is 11.0. The van der Waals surface area contributed by atoms with Crippen molar-refractivity contribution in [2.24, 2.45) is 5.73 Å². The quantitative estimate of drug-likeness (QED) is 0.865. The zero-order chi connectivity index (χ0) is 14.9. The highest BCUT2D eigenvalue weighted by Crippen LogP contribution is 2.19. The van der Waals surface area contributed by atoms with Crippen LogP contribution in [-0.2, 0) is 9.59 Å². The van der Waals surface area contributed by atoms with Crippen LogP contribution in [0.3, 0.4) is 0 Å². The van der Waals surface area contributed by atoms with Crippen LogP contribution >= 0.6 is 0 Å². The summed E-state index contributed by atoms with van der Waals surface area (Å²) in [6.45, 7) is -0.157. The standard InChI is InChI=1S/C13H15F2N3O2/c1-17-6-12(20)18(7-11(17)19)5-10(16)8-3-2-4-9(14)13(8)15/h2-4,10H,5-7,16H2,1H3. The lowest BCUT2D eigenvalue weighted by atomic mass is 10.1. The predicted octanol–water partition coefficient (Wildman–Crippen LogP) is 0.265. The molecule has 1 aliphatic heterocycles. The number of hydrogen-bond donors (Lipinski definition) is 1. The van der Waals surface area contributed by atoms with Gasteiger partial charge in [0.1, 0.15) is 0 Å². The highest BCUT2D eigenvalue weighted by molar-refractivity contribution is 5.92. The molecule has 1 aliphatic rings. The summed E-state index contributed by atoms with van der Waals surface area (Å²) in [7, 11) is 1.53. The van der Waals surface area contributed by atoms with Crippen LogP contribution in [0.2, 0.25) is 0 Å². The molecule has 20 heavy (non-hydrogen) atoms. The van der Waals surface area contributed by atoms with Crippen molar-refractivity contribution in [3.8, 4) is 0 Å². The third-order valence-corrected chi connectivity index (χ3v) is 3.28. The molecule has 7 heteroatoms. The van der Waals surface area contributed by atoms with E-state index in [0.29, 0.717) is 0 Å². The molecule has 1 saturated heterocycles. The normalized spacial score (nSPS) is 17.6. The van der Waals surface area contributed by atoms with E-state index in [1.54, 1.807) is 0 Å². The minimum atomic E-state index is -1.02. The average Bonchev–Trinajstić information content (AvgIpc) is 2.39. The molecule has 0 spiro atoms. The lowest BCUT2D eigenvalue weighted by molar-refractivity contribution is -0.149. The molecule has 1 aromatic carbocycles. The molecule has 1 aromatic rings. The molecule has 1 fully saturated rings. The Labute approximate surface area is 114 Å². The number of rotatable bonds is 3. The van der Waals surface area contributed by atoms with Gasteiger partial charge in [-0.05, 0) is 6.07 Å². The second-order valence-corrected chi connectivity index (χ2v) is 4.77. The summed E-state index contributed by atoms with van der Waals surface area (Å²) in [5, 5.41) is 0. The Hall–Kier alpha value is -2.02. The third-order valence-electron chi connectivity index (χ3n) is 3.28. The Morgan fingerprint density at radius 2 is 1.95 bits per heavy atom. The van der Waals surface area contributed by atoms with Crippen LogP contribution in [0.15, 0.2) is 18.2 Å². The first kappa shape index (κ1) is 14.4. The highest BCUT2D eigenvalue weighted by Gasteiger charge is 2.29. The largest absolute Gasteiger partial charge is 0.335 e. The maximum atomic E-state index is 13.6. The summed E-state index contributed by atoms with van der Waals surface area (Å²) in [5.74, 6) is -2.48. The van der Waals surface area contributed by atoms with Crippen LogP contribution < -0.4 is 5.73 Å². The van der Waals surface area contributed by atoms with Crippen molar-refractivity contribution in [2.75, 3.05) is 26.7 Å². The first-order valence-electron chi connectivity index (χ1n) is 6.11. The van der Waals surface area contributed by atoms with E-state index >= 15 is 0 Å². The molecule has 1 atom stereocenters. The van der Waals surface area contributed by atoms with Gasteiger partial charge in [0.05, 0.1) is 19.1 Å². The zero-order valence-corrected chi connectivity index (χ0v) is 11.0. The van der Waals surface area contributed by atoms with Crippen molar-refractivity contribution in [1.29, 1.82) is 0 Å². The second kappa shape index (κ2) is 5.54. The number of halogens is 2. The van der Waals surface area contributed by atoms with E-state index < -0.39 is 17.7 Å². The van der Waals surface area contributed by atoms with Gasteiger partial charge in [0, 0.05) is 19.2 Å². The molecule has 108 valence electrons. The topological polar surface area (TPSA) is 66.6 Å². The van der Waals surface area contributed by atoms with Crippen molar-refractivity contribution >= 4 is 11.8 Å². The summed E-state index contributed by atoms with van der Waals surface area (Å²) in [6, 6.07) is 2.83. The van der Waals surface area contributed by atoms with Crippen molar-refractivity contribution in [3.05, 3.63) is 35.4 Å². The van der Waals surface area contributed by atoms with Gasteiger partial charge in [0.25, 0.3) is 0 Å². The van der Waals surface area contributed by atoms with E-state index in [0.717, 1.165) is 6.07 Å². The van der Waals surface area contributed by atoms with Crippen LogP contribution in [0.5, 0.6) is 0 Å². The van der Waals surface area contributed by atoms with E-state index in [4.69, 9.17) is 5.73 Å². The molecule has 0 saturated carbocycles. The lowest BCUT2D eigenvalue weighted by Gasteiger charge is -2.33. The van der Waals surface area contributed by atoms with Gasteiger partial charge in [-0.15, -0.1) is 0 Å². The molecule has 5 nitrogen and oxygen atoms in total. The van der Waals surface area contributed by atoms with Crippen LogP contribution in [0.25, 0.3) is 0 Å². The number of benzene rings is 1. The Bertz CT molecular complexity index is 550. The number of hydrogen-bond acceptors (Lipinski definition) is 3. The average molecular weight is 283 g/mol. The van der Waals surface area contributed by atoms with E-state index in [1.165, 1.54) is 29.0 Å². The first-order valence-corrected chi connectivity index (χ1v) is 6.11. The van der Waals surface area contributed by atoms with Gasteiger partial charge in [0.2, 0.25) is 11.8 Å². The van der Waals surface area contributed by atoms with Gasteiger partial charge in [-0.25, -0.2) is 8.78 Å². The molecule has 1 unspecified atom stereocenters. The Kier molecular flexibility index (Phi) is 3.99. The van der Waals surface area contributed by atoms with Gasteiger partial charge in [-0.3, -0.25) is 9.59 Å². The highest BCUT2D eigenvalue weighted by atomic mass is 19.2. The molecule has 0 radical (unpaired) electrons. The van der Waals surface area contributed by atoms with Crippen molar-refractivity contribution < 1.29 is 18.4 Å². The number of carbonyl (C=O) groups excluding carboxylic acids is 2. The molecule has 2 rings (SSSR count). The molecule has 0 aliphatic carbocycles. The van der Waals surface area contributed by atoms with Crippen LogP contribution in [0.1, 0.15) is 11.6 Å². The summed E-state index contributed by atoms with van der Waals surface area (Å²) in [6.07, 6.45) is 0. The van der Waals surface area contributed by atoms with Gasteiger partial charge >= 0.3 is 0 Å². The van der Waals surface area contributed by atoms with Gasteiger partial charge < -0.3 is 15.5 Å². The molecule has 2 N–H and O–H groups in total. The van der Waals surface area contributed by atoms with Crippen LogP contribution in [-0.4, -0.2) is 48.3 Å². The van der Waals surface area contributed by atoms with Crippen molar-refractivity contribution in [2.45, 2.75) is 6.04 Å². The number of piperazine rings is 1. The first-order chi connectivity index (χ1) is 9.40. The molecule has 1 heterocycles. The number of amides is 2. The summed E-state index contributed by atoms with van der Waals surface area (Å²) in [4.78, 5) is 25.9. The number of carbonyl (C=O) groups is 2. The fourth-order valence-electron chi connectivity index (χ4n) is 2.07. The predicted molar refractivity (Wildman–Crippen MR) is 67.5 cm³/mol. The summed E-state index contributed by atoms with van der Waals surface area (Å²) < 4.78 is 26.7.